The van der Waals surface area contributed by atoms with Crippen molar-refractivity contribution in [2.75, 3.05) is 31.3 Å². The number of rotatable bonds is 5. The molecule has 0 aromatic rings. The monoisotopic (exact) mass is 396 g/mol. The molecule has 0 aromatic heterocycles. The van der Waals surface area contributed by atoms with E-state index in [0.717, 1.165) is 12.8 Å². The van der Waals surface area contributed by atoms with Crippen LogP contribution in [0.15, 0.2) is 5.16 Å². The summed E-state index contributed by atoms with van der Waals surface area (Å²) in [4.78, 5) is 57.8. The van der Waals surface area contributed by atoms with Gasteiger partial charge in [0.2, 0.25) is 17.7 Å². The SMILES string of the molecule is CC(=O)O/N=C/[C@@H]1CSCN1C(=O)[C@@H]1CCCN1C(=O)CN1CCCC1=O. The molecule has 0 bridgehead atoms. The van der Waals surface area contributed by atoms with Crippen molar-refractivity contribution in [3.8, 4) is 0 Å². The van der Waals surface area contributed by atoms with Crippen LogP contribution >= 0.6 is 11.8 Å². The zero-order valence-corrected chi connectivity index (χ0v) is 16.2. The van der Waals surface area contributed by atoms with Gasteiger partial charge in [0, 0.05) is 32.2 Å². The van der Waals surface area contributed by atoms with E-state index >= 15 is 0 Å². The van der Waals surface area contributed by atoms with Gasteiger partial charge in [-0.1, -0.05) is 5.16 Å². The molecule has 3 heterocycles. The predicted molar refractivity (Wildman–Crippen MR) is 98.8 cm³/mol. The van der Waals surface area contributed by atoms with Crippen molar-refractivity contribution in [2.24, 2.45) is 5.16 Å². The lowest BCUT2D eigenvalue weighted by Gasteiger charge is -2.30. The van der Waals surface area contributed by atoms with Crippen molar-refractivity contribution in [3.63, 3.8) is 0 Å². The van der Waals surface area contributed by atoms with Crippen molar-refractivity contribution in [2.45, 2.75) is 44.7 Å². The quantitative estimate of drug-likeness (QED) is 0.370. The number of hydrogen-bond acceptors (Lipinski definition) is 7. The van der Waals surface area contributed by atoms with E-state index in [4.69, 9.17) is 0 Å². The highest BCUT2D eigenvalue weighted by Crippen LogP contribution is 2.26. The lowest BCUT2D eigenvalue weighted by atomic mass is 10.1. The first-order valence-electron chi connectivity index (χ1n) is 9.14. The molecule has 148 valence electrons. The number of amides is 3. The molecule has 0 radical (unpaired) electrons. The summed E-state index contributed by atoms with van der Waals surface area (Å²) in [6, 6.07) is -0.766. The number of oxime groups is 1. The number of hydrogen-bond donors (Lipinski definition) is 0. The van der Waals surface area contributed by atoms with Gasteiger partial charge in [-0.3, -0.25) is 14.4 Å². The third-order valence-corrected chi connectivity index (χ3v) is 6.01. The number of carbonyl (C=O) groups is 4. The van der Waals surface area contributed by atoms with E-state index in [1.54, 1.807) is 26.5 Å². The van der Waals surface area contributed by atoms with Gasteiger partial charge in [-0.25, -0.2) is 4.79 Å². The topological polar surface area (TPSA) is 99.6 Å². The Bertz CT molecular complexity index is 655. The molecular weight excluding hydrogens is 372 g/mol. The maximum absolute atomic E-state index is 13.0. The van der Waals surface area contributed by atoms with Crippen molar-refractivity contribution >= 4 is 41.7 Å². The molecule has 0 N–H and O–H groups in total. The van der Waals surface area contributed by atoms with E-state index in [0.29, 0.717) is 37.6 Å². The van der Waals surface area contributed by atoms with Crippen LogP contribution in [-0.4, -0.2) is 88.0 Å². The summed E-state index contributed by atoms with van der Waals surface area (Å²) in [5, 5.41) is 3.64. The Hall–Kier alpha value is -2.10. The lowest BCUT2D eigenvalue weighted by molar-refractivity contribution is -0.145. The van der Waals surface area contributed by atoms with Crippen molar-refractivity contribution < 1.29 is 24.0 Å². The van der Waals surface area contributed by atoms with Crippen LogP contribution in [0.3, 0.4) is 0 Å². The van der Waals surface area contributed by atoms with Crippen molar-refractivity contribution in [1.82, 2.24) is 14.7 Å². The summed E-state index contributed by atoms with van der Waals surface area (Å²) in [6.45, 7) is 2.45. The third kappa shape index (κ3) is 4.60. The fourth-order valence-electron chi connectivity index (χ4n) is 3.62. The highest BCUT2D eigenvalue weighted by molar-refractivity contribution is 7.99. The van der Waals surface area contributed by atoms with Gasteiger partial charge in [-0.15, -0.1) is 11.8 Å². The van der Waals surface area contributed by atoms with Crippen LogP contribution in [0.2, 0.25) is 0 Å². The standard InChI is InChI=1S/C17H24N4O5S/c1-12(22)26-18-8-13-10-27-11-21(13)17(25)14-4-2-7-20(14)16(24)9-19-6-3-5-15(19)23/h8,13-14H,2-7,9-11H2,1H3/b18-8+/t13-,14+/m1/s1. The molecule has 27 heavy (non-hydrogen) atoms. The molecular formula is C17H24N4O5S. The van der Waals surface area contributed by atoms with Gasteiger partial charge in [0.05, 0.1) is 24.7 Å². The fourth-order valence-corrected chi connectivity index (χ4v) is 4.75. The smallest absolute Gasteiger partial charge is 0.331 e. The largest absolute Gasteiger partial charge is 0.333 e. The van der Waals surface area contributed by atoms with Crippen LogP contribution in [0.25, 0.3) is 0 Å². The summed E-state index contributed by atoms with van der Waals surface area (Å²) in [7, 11) is 0. The second-order valence-electron chi connectivity index (χ2n) is 6.88. The second kappa shape index (κ2) is 8.73. The summed E-state index contributed by atoms with van der Waals surface area (Å²) in [5.74, 6) is 0.385. The Morgan fingerprint density at radius 2 is 2.07 bits per heavy atom. The Kier molecular flexibility index (Phi) is 6.35. The molecule has 3 aliphatic rings. The molecule has 0 saturated carbocycles. The fraction of sp³-hybridized carbons (Fsp3) is 0.706. The van der Waals surface area contributed by atoms with Gasteiger partial charge in [-0.05, 0) is 19.3 Å². The molecule has 2 atom stereocenters. The van der Waals surface area contributed by atoms with Gasteiger partial charge in [0.1, 0.15) is 6.04 Å². The minimum absolute atomic E-state index is 0.00288. The minimum Gasteiger partial charge on any atom is -0.333 e. The van der Waals surface area contributed by atoms with Crippen LogP contribution < -0.4 is 0 Å². The number of carbonyl (C=O) groups excluding carboxylic acids is 4. The van der Waals surface area contributed by atoms with Gasteiger partial charge in [0.25, 0.3) is 0 Å². The molecule has 3 amide bonds. The van der Waals surface area contributed by atoms with Gasteiger partial charge in [0.15, 0.2) is 0 Å². The molecule has 3 saturated heterocycles. The molecule has 0 unspecified atom stereocenters. The molecule has 3 rings (SSSR count). The molecule has 0 aromatic carbocycles. The number of nitrogens with zero attached hydrogens (tertiary/aromatic N) is 4. The second-order valence-corrected chi connectivity index (χ2v) is 7.88. The zero-order valence-electron chi connectivity index (χ0n) is 15.3. The highest BCUT2D eigenvalue weighted by Gasteiger charge is 2.40. The predicted octanol–water partition coefficient (Wildman–Crippen LogP) is 0.0502. The average Bonchev–Trinajstić information content (AvgIpc) is 3.35. The minimum atomic E-state index is -0.515. The summed E-state index contributed by atoms with van der Waals surface area (Å²) in [5.41, 5.74) is 0. The van der Waals surface area contributed by atoms with E-state index in [1.165, 1.54) is 13.1 Å². The first kappa shape index (κ1) is 19.7. The number of likely N-dealkylation sites (tertiary alicyclic amines) is 2. The first-order chi connectivity index (χ1) is 13.0. The summed E-state index contributed by atoms with van der Waals surface area (Å²) in [6.07, 6.45) is 4.12. The van der Waals surface area contributed by atoms with E-state index in [2.05, 4.69) is 9.99 Å². The van der Waals surface area contributed by atoms with Crippen molar-refractivity contribution in [1.29, 1.82) is 0 Å². The maximum Gasteiger partial charge on any atom is 0.331 e. The summed E-state index contributed by atoms with van der Waals surface area (Å²) >= 11 is 1.59. The van der Waals surface area contributed by atoms with Gasteiger partial charge in [-0.2, -0.15) is 0 Å². The van der Waals surface area contributed by atoms with Crippen LogP contribution in [-0.2, 0) is 24.0 Å². The Morgan fingerprint density at radius 1 is 1.26 bits per heavy atom. The average molecular weight is 396 g/mol. The third-order valence-electron chi connectivity index (χ3n) is 4.97. The molecule has 3 fully saturated rings. The van der Waals surface area contributed by atoms with Crippen LogP contribution in [0.5, 0.6) is 0 Å². The van der Waals surface area contributed by atoms with Crippen LogP contribution in [0, 0.1) is 0 Å². The zero-order chi connectivity index (χ0) is 19.4. The van der Waals surface area contributed by atoms with Crippen LogP contribution in [0.1, 0.15) is 32.6 Å². The number of thioether (sulfide) groups is 1. The molecule has 0 aliphatic carbocycles. The Balaban J connectivity index is 1.62. The molecule has 9 nitrogen and oxygen atoms in total. The Labute approximate surface area is 162 Å². The lowest BCUT2D eigenvalue weighted by Crippen LogP contribution is -2.51. The normalized spacial score (nSPS) is 25.7. The van der Waals surface area contributed by atoms with Gasteiger partial charge < -0.3 is 19.5 Å². The van der Waals surface area contributed by atoms with Crippen molar-refractivity contribution in [3.05, 3.63) is 0 Å². The first-order valence-corrected chi connectivity index (χ1v) is 10.3. The van der Waals surface area contributed by atoms with Crippen LogP contribution in [0.4, 0.5) is 0 Å². The molecule has 10 heteroatoms. The molecule has 3 aliphatic heterocycles. The Morgan fingerprint density at radius 3 is 2.78 bits per heavy atom. The van der Waals surface area contributed by atoms with Gasteiger partial charge >= 0.3 is 5.97 Å². The van der Waals surface area contributed by atoms with E-state index in [-0.39, 0.29) is 30.3 Å². The highest BCUT2D eigenvalue weighted by atomic mass is 32.2. The van der Waals surface area contributed by atoms with E-state index in [1.807, 2.05) is 0 Å². The summed E-state index contributed by atoms with van der Waals surface area (Å²) < 4.78 is 0. The molecule has 0 spiro atoms. The van der Waals surface area contributed by atoms with E-state index in [9.17, 15) is 19.2 Å². The maximum atomic E-state index is 13.0. The van der Waals surface area contributed by atoms with E-state index < -0.39 is 12.0 Å².